The smallest absolute Gasteiger partial charge is 0.179 e. The number of thioether (sulfide) groups is 1. The Morgan fingerprint density at radius 1 is 1.10 bits per heavy atom. The van der Waals surface area contributed by atoms with Crippen LogP contribution in [0.2, 0.25) is 10.0 Å². The maximum atomic E-state index is 6.22. The number of anilines is 1. The Labute approximate surface area is 137 Å². The van der Waals surface area contributed by atoms with E-state index in [1.54, 1.807) is 17.8 Å². The Bertz CT molecular complexity index is 679. The summed E-state index contributed by atoms with van der Waals surface area (Å²) < 4.78 is 11.1. The van der Waals surface area contributed by atoms with Crippen molar-refractivity contribution < 1.29 is 9.47 Å². The van der Waals surface area contributed by atoms with Crippen molar-refractivity contribution in [3.63, 3.8) is 0 Å². The van der Waals surface area contributed by atoms with Gasteiger partial charge in [0.05, 0.1) is 5.02 Å². The van der Waals surface area contributed by atoms with Crippen LogP contribution in [-0.2, 0) is 5.75 Å². The van der Waals surface area contributed by atoms with Gasteiger partial charge in [-0.25, -0.2) is 0 Å². The minimum absolute atomic E-state index is 0.530. The summed E-state index contributed by atoms with van der Waals surface area (Å²) in [5, 5.41) is 1.21. The molecule has 0 spiro atoms. The molecule has 6 heteroatoms. The number of ether oxygens (including phenoxy) is 2. The molecule has 0 unspecified atom stereocenters. The molecule has 0 atom stereocenters. The molecule has 0 saturated heterocycles. The summed E-state index contributed by atoms with van der Waals surface area (Å²) in [5.41, 5.74) is 7.69. The lowest BCUT2D eigenvalue weighted by molar-refractivity contribution is 0.171. The van der Waals surface area contributed by atoms with E-state index in [9.17, 15) is 0 Å². The van der Waals surface area contributed by atoms with Crippen molar-refractivity contribution in [3.8, 4) is 11.5 Å². The molecule has 0 bridgehead atoms. The van der Waals surface area contributed by atoms with Crippen LogP contribution in [-0.4, -0.2) is 13.2 Å². The van der Waals surface area contributed by atoms with Crippen LogP contribution in [0, 0.1) is 0 Å². The fourth-order valence-electron chi connectivity index (χ4n) is 2.06. The van der Waals surface area contributed by atoms with Crippen LogP contribution in [0.5, 0.6) is 11.5 Å². The number of hydrogen-bond acceptors (Lipinski definition) is 4. The van der Waals surface area contributed by atoms with Gasteiger partial charge in [0, 0.05) is 21.4 Å². The monoisotopic (exact) mass is 341 g/mol. The van der Waals surface area contributed by atoms with Crippen molar-refractivity contribution in [3.05, 3.63) is 45.9 Å². The van der Waals surface area contributed by atoms with Gasteiger partial charge >= 0.3 is 0 Å². The first-order valence-electron chi connectivity index (χ1n) is 6.39. The molecule has 0 saturated carbocycles. The first-order valence-corrected chi connectivity index (χ1v) is 8.13. The molecular formula is C15H13Cl2NO2S. The Balaban J connectivity index is 1.77. The molecule has 2 N–H and O–H groups in total. The molecule has 1 aliphatic rings. The van der Waals surface area contributed by atoms with E-state index >= 15 is 0 Å². The Hall–Kier alpha value is -1.23. The SMILES string of the molecule is Nc1cc(Cl)ccc1SCc1cc(Cl)c2c(c1)OCCO2. The van der Waals surface area contributed by atoms with E-state index in [1.807, 2.05) is 24.3 Å². The van der Waals surface area contributed by atoms with Gasteiger partial charge in [0.1, 0.15) is 13.2 Å². The van der Waals surface area contributed by atoms with Crippen LogP contribution >= 0.6 is 35.0 Å². The third-order valence-electron chi connectivity index (χ3n) is 3.02. The highest BCUT2D eigenvalue weighted by molar-refractivity contribution is 7.98. The molecule has 0 fully saturated rings. The Kier molecular flexibility index (Phi) is 4.38. The highest BCUT2D eigenvalue weighted by Crippen LogP contribution is 2.40. The molecule has 21 heavy (non-hydrogen) atoms. The van der Waals surface area contributed by atoms with Crippen LogP contribution in [0.25, 0.3) is 0 Å². The normalized spacial score (nSPS) is 13.2. The third-order valence-corrected chi connectivity index (χ3v) is 4.70. The van der Waals surface area contributed by atoms with E-state index in [2.05, 4.69) is 0 Å². The number of halogens is 2. The molecular weight excluding hydrogens is 329 g/mol. The molecule has 2 aromatic rings. The van der Waals surface area contributed by atoms with E-state index in [0.29, 0.717) is 40.4 Å². The van der Waals surface area contributed by atoms with E-state index in [1.165, 1.54) is 0 Å². The van der Waals surface area contributed by atoms with Gasteiger partial charge in [0.25, 0.3) is 0 Å². The zero-order valence-electron chi connectivity index (χ0n) is 11.1. The predicted molar refractivity (Wildman–Crippen MR) is 87.9 cm³/mol. The average molecular weight is 342 g/mol. The Morgan fingerprint density at radius 3 is 2.71 bits per heavy atom. The second-order valence-electron chi connectivity index (χ2n) is 4.57. The topological polar surface area (TPSA) is 44.5 Å². The van der Waals surface area contributed by atoms with Gasteiger partial charge in [-0.2, -0.15) is 0 Å². The number of nitrogens with two attached hydrogens (primary N) is 1. The van der Waals surface area contributed by atoms with Crippen molar-refractivity contribution >= 4 is 40.7 Å². The third kappa shape index (κ3) is 3.34. The fourth-order valence-corrected chi connectivity index (χ4v) is 3.41. The van der Waals surface area contributed by atoms with Crippen molar-refractivity contribution in [1.82, 2.24) is 0 Å². The summed E-state index contributed by atoms with van der Waals surface area (Å²) in [5.74, 6) is 2.07. The second-order valence-corrected chi connectivity index (χ2v) is 6.43. The maximum absolute atomic E-state index is 6.22. The van der Waals surface area contributed by atoms with Gasteiger partial charge in [0.2, 0.25) is 0 Å². The molecule has 3 rings (SSSR count). The standard InChI is InChI=1S/C15H13Cl2NO2S/c16-10-1-2-14(12(18)7-10)21-8-9-5-11(17)15-13(6-9)19-3-4-20-15/h1-2,5-7H,3-4,8,18H2. The van der Waals surface area contributed by atoms with Crippen LogP contribution in [0.4, 0.5) is 5.69 Å². The molecule has 110 valence electrons. The largest absolute Gasteiger partial charge is 0.486 e. The van der Waals surface area contributed by atoms with E-state index in [-0.39, 0.29) is 0 Å². The van der Waals surface area contributed by atoms with Crippen molar-refractivity contribution in [2.75, 3.05) is 18.9 Å². The van der Waals surface area contributed by atoms with Gasteiger partial charge in [-0.05, 0) is 35.9 Å². The van der Waals surface area contributed by atoms with Gasteiger partial charge in [-0.15, -0.1) is 11.8 Å². The van der Waals surface area contributed by atoms with Crippen LogP contribution in [0.3, 0.4) is 0 Å². The molecule has 0 aliphatic carbocycles. The van der Waals surface area contributed by atoms with E-state index < -0.39 is 0 Å². The molecule has 0 amide bonds. The number of fused-ring (bicyclic) bond motifs is 1. The second kappa shape index (κ2) is 6.26. The van der Waals surface area contributed by atoms with E-state index in [0.717, 1.165) is 16.2 Å². The van der Waals surface area contributed by atoms with Gasteiger partial charge < -0.3 is 15.2 Å². The maximum Gasteiger partial charge on any atom is 0.179 e. The number of hydrogen-bond donors (Lipinski definition) is 1. The summed E-state index contributed by atoms with van der Waals surface area (Å²) in [6.45, 7) is 1.08. The lowest BCUT2D eigenvalue weighted by atomic mass is 10.2. The molecule has 0 aromatic heterocycles. The molecule has 0 radical (unpaired) electrons. The van der Waals surface area contributed by atoms with Crippen molar-refractivity contribution in [2.24, 2.45) is 0 Å². The molecule has 3 nitrogen and oxygen atoms in total. The highest BCUT2D eigenvalue weighted by atomic mass is 35.5. The first kappa shape index (κ1) is 14.7. The lowest BCUT2D eigenvalue weighted by Crippen LogP contribution is -2.15. The number of benzene rings is 2. The number of nitrogen functional groups attached to an aromatic ring is 1. The van der Waals surface area contributed by atoms with Gasteiger partial charge in [0.15, 0.2) is 11.5 Å². The zero-order valence-corrected chi connectivity index (χ0v) is 13.4. The fraction of sp³-hybridized carbons (Fsp3) is 0.200. The first-order chi connectivity index (χ1) is 10.1. The minimum atomic E-state index is 0.530. The number of rotatable bonds is 3. The predicted octanol–water partition coefficient (Wildman–Crippen LogP) is 4.64. The molecule has 1 heterocycles. The minimum Gasteiger partial charge on any atom is -0.486 e. The van der Waals surface area contributed by atoms with Crippen LogP contribution in [0.1, 0.15) is 5.56 Å². The van der Waals surface area contributed by atoms with Crippen molar-refractivity contribution in [2.45, 2.75) is 10.6 Å². The Morgan fingerprint density at radius 2 is 1.90 bits per heavy atom. The summed E-state index contributed by atoms with van der Waals surface area (Å²) >= 11 is 13.8. The summed E-state index contributed by atoms with van der Waals surface area (Å²) in [7, 11) is 0. The average Bonchev–Trinajstić information content (AvgIpc) is 2.46. The van der Waals surface area contributed by atoms with Gasteiger partial charge in [-0.3, -0.25) is 0 Å². The van der Waals surface area contributed by atoms with Crippen molar-refractivity contribution in [1.29, 1.82) is 0 Å². The highest BCUT2D eigenvalue weighted by Gasteiger charge is 2.16. The van der Waals surface area contributed by atoms with Crippen LogP contribution < -0.4 is 15.2 Å². The quantitative estimate of drug-likeness (QED) is 0.652. The lowest BCUT2D eigenvalue weighted by Gasteiger charge is -2.20. The summed E-state index contributed by atoms with van der Waals surface area (Å²) in [6, 6.07) is 9.35. The zero-order chi connectivity index (χ0) is 14.8. The van der Waals surface area contributed by atoms with E-state index in [4.69, 9.17) is 38.4 Å². The molecule has 1 aliphatic heterocycles. The van der Waals surface area contributed by atoms with Crippen LogP contribution in [0.15, 0.2) is 35.2 Å². The van der Waals surface area contributed by atoms with Gasteiger partial charge in [-0.1, -0.05) is 23.2 Å². The summed E-state index contributed by atoms with van der Waals surface area (Å²) in [4.78, 5) is 0.991. The summed E-state index contributed by atoms with van der Waals surface area (Å²) in [6.07, 6.45) is 0. The molecule has 2 aromatic carbocycles.